The van der Waals surface area contributed by atoms with Gasteiger partial charge in [0.1, 0.15) is 11.8 Å². The molecule has 0 aromatic carbocycles. The third-order valence-electron chi connectivity index (χ3n) is 3.86. The van der Waals surface area contributed by atoms with Crippen molar-refractivity contribution in [2.45, 2.75) is 39.5 Å². The summed E-state index contributed by atoms with van der Waals surface area (Å²) >= 11 is 0. The summed E-state index contributed by atoms with van der Waals surface area (Å²) in [6, 6.07) is 2.12. The summed E-state index contributed by atoms with van der Waals surface area (Å²) in [5, 5.41) is 9.25. The number of hydrogen-bond acceptors (Lipinski definition) is 4. The summed E-state index contributed by atoms with van der Waals surface area (Å²) in [6.45, 7) is 4.10. The number of Topliss-reactive ketones (excluding diaryl/α,β-unsaturated/α-hetero) is 1. The van der Waals surface area contributed by atoms with Crippen molar-refractivity contribution in [2.75, 3.05) is 0 Å². The number of ketones is 1. The summed E-state index contributed by atoms with van der Waals surface area (Å²) in [6.07, 6.45) is 2.99. The standard InChI is InChI=1S/C14H18N2O2/c1-3-8(2)12-9(7-15)14(16)18-11-6-4-5-10(17)13(11)12/h8,12H,3-6,16H2,1-2H3/t8-,12-/m1/s1. The van der Waals surface area contributed by atoms with Crippen molar-refractivity contribution in [1.29, 1.82) is 5.26 Å². The third kappa shape index (κ3) is 1.90. The minimum absolute atomic E-state index is 0.113. The van der Waals surface area contributed by atoms with E-state index in [1.807, 2.05) is 6.92 Å². The van der Waals surface area contributed by atoms with Crippen molar-refractivity contribution >= 4 is 5.78 Å². The largest absolute Gasteiger partial charge is 0.444 e. The lowest BCUT2D eigenvalue weighted by Crippen LogP contribution is -2.31. The first-order valence-electron chi connectivity index (χ1n) is 6.44. The van der Waals surface area contributed by atoms with Crippen molar-refractivity contribution in [1.82, 2.24) is 0 Å². The highest BCUT2D eigenvalue weighted by Gasteiger charge is 2.39. The molecule has 0 radical (unpaired) electrons. The topological polar surface area (TPSA) is 76.1 Å². The molecule has 2 rings (SSSR count). The number of carbonyl (C=O) groups is 1. The summed E-state index contributed by atoms with van der Waals surface area (Å²) in [4.78, 5) is 12.1. The van der Waals surface area contributed by atoms with Crippen molar-refractivity contribution in [3.05, 3.63) is 22.8 Å². The zero-order valence-corrected chi connectivity index (χ0v) is 10.8. The van der Waals surface area contributed by atoms with Gasteiger partial charge in [0.2, 0.25) is 5.88 Å². The molecule has 0 aromatic heterocycles. The molecule has 0 saturated carbocycles. The molecule has 1 heterocycles. The Balaban J connectivity index is 2.51. The second kappa shape index (κ2) is 4.85. The summed E-state index contributed by atoms with van der Waals surface area (Å²) < 4.78 is 5.48. The molecule has 1 aliphatic carbocycles. The first kappa shape index (κ1) is 12.7. The Morgan fingerprint density at radius 2 is 2.28 bits per heavy atom. The monoisotopic (exact) mass is 246 g/mol. The highest BCUT2D eigenvalue weighted by atomic mass is 16.5. The Morgan fingerprint density at radius 3 is 2.89 bits per heavy atom. The van der Waals surface area contributed by atoms with Crippen molar-refractivity contribution in [2.24, 2.45) is 17.6 Å². The first-order chi connectivity index (χ1) is 8.60. The SMILES string of the molecule is CC[C@@H](C)[C@@H]1C(C#N)=C(N)OC2=C1C(=O)CCC2. The van der Waals surface area contributed by atoms with E-state index < -0.39 is 0 Å². The van der Waals surface area contributed by atoms with Gasteiger partial charge in [0.25, 0.3) is 0 Å². The maximum Gasteiger partial charge on any atom is 0.204 e. The van der Waals surface area contributed by atoms with Gasteiger partial charge >= 0.3 is 0 Å². The molecule has 4 nitrogen and oxygen atoms in total. The Bertz CT molecular complexity index is 483. The summed E-state index contributed by atoms with van der Waals surface area (Å²) in [7, 11) is 0. The predicted molar refractivity (Wildman–Crippen MR) is 66.7 cm³/mol. The molecule has 2 atom stereocenters. The molecule has 0 spiro atoms. The smallest absolute Gasteiger partial charge is 0.204 e. The van der Waals surface area contributed by atoms with Crippen LogP contribution in [0.15, 0.2) is 22.8 Å². The fourth-order valence-corrected chi connectivity index (χ4v) is 2.70. The van der Waals surface area contributed by atoms with Crippen LogP contribution in [0.2, 0.25) is 0 Å². The number of nitriles is 1. The van der Waals surface area contributed by atoms with Gasteiger partial charge in [0, 0.05) is 24.3 Å². The molecule has 0 bridgehead atoms. The van der Waals surface area contributed by atoms with Crippen LogP contribution in [-0.2, 0) is 9.53 Å². The number of nitrogens with two attached hydrogens (primary N) is 1. The second-order valence-electron chi connectivity index (χ2n) is 4.97. The van der Waals surface area contributed by atoms with Gasteiger partial charge in [-0.05, 0) is 12.3 Å². The zero-order valence-electron chi connectivity index (χ0n) is 10.8. The number of nitrogens with zero attached hydrogens (tertiary/aromatic N) is 1. The molecular weight excluding hydrogens is 228 g/mol. The number of rotatable bonds is 2. The maximum atomic E-state index is 12.1. The molecule has 0 fully saturated rings. The van der Waals surface area contributed by atoms with E-state index in [9.17, 15) is 10.1 Å². The van der Waals surface area contributed by atoms with Gasteiger partial charge < -0.3 is 10.5 Å². The maximum absolute atomic E-state index is 12.1. The Morgan fingerprint density at radius 1 is 1.56 bits per heavy atom. The Labute approximate surface area is 107 Å². The quantitative estimate of drug-likeness (QED) is 0.811. The minimum atomic E-state index is -0.184. The van der Waals surface area contributed by atoms with E-state index in [1.165, 1.54) is 0 Å². The molecule has 18 heavy (non-hydrogen) atoms. The van der Waals surface area contributed by atoms with Gasteiger partial charge in [0.05, 0.1) is 5.57 Å². The van der Waals surface area contributed by atoms with Crippen molar-refractivity contribution in [3.63, 3.8) is 0 Å². The van der Waals surface area contributed by atoms with Crippen molar-refractivity contribution in [3.8, 4) is 6.07 Å². The van der Waals surface area contributed by atoms with Crippen molar-refractivity contribution < 1.29 is 9.53 Å². The number of ether oxygens (including phenoxy) is 1. The molecule has 96 valence electrons. The van der Waals surface area contributed by atoms with E-state index in [2.05, 4.69) is 13.0 Å². The highest BCUT2D eigenvalue weighted by Crippen LogP contribution is 2.41. The fraction of sp³-hybridized carbons (Fsp3) is 0.571. The lowest BCUT2D eigenvalue weighted by molar-refractivity contribution is -0.117. The van der Waals surface area contributed by atoms with Crippen LogP contribution >= 0.6 is 0 Å². The zero-order chi connectivity index (χ0) is 13.3. The van der Waals surface area contributed by atoms with Gasteiger partial charge in [-0.1, -0.05) is 20.3 Å². The van der Waals surface area contributed by atoms with Crippen LogP contribution in [0.5, 0.6) is 0 Å². The molecule has 0 amide bonds. The second-order valence-corrected chi connectivity index (χ2v) is 4.97. The lowest BCUT2D eigenvalue weighted by Gasteiger charge is -2.33. The van der Waals surface area contributed by atoms with Crippen LogP contribution in [0.3, 0.4) is 0 Å². The Kier molecular flexibility index (Phi) is 3.42. The lowest BCUT2D eigenvalue weighted by atomic mass is 9.74. The number of allylic oxidation sites excluding steroid dienone is 3. The molecule has 4 heteroatoms. The van der Waals surface area contributed by atoms with Crippen LogP contribution in [0.1, 0.15) is 39.5 Å². The Hall–Kier alpha value is -1.76. The normalized spacial score (nSPS) is 25.4. The average Bonchev–Trinajstić information content (AvgIpc) is 2.36. The van der Waals surface area contributed by atoms with Gasteiger partial charge in [-0.3, -0.25) is 4.79 Å². The van der Waals surface area contributed by atoms with E-state index in [0.29, 0.717) is 23.3 Å². The highest BCUT2D eigenvalue weighted by molar-refractivity contribution is 5.98. The number of hydrogen-bond donors (Lipinski definition) is 1. The van der Waals surface area contributed by atoms with E-state index in [1.54, 1.807) is 0 Å². The fourth-order valence-electron chi connectivity index (χ4n) is 2.70. The third-order valence-corrected chi connectivity index (χ3v) is 3.86. The molecule has 0 unspecified atom stereocenters. The van der Waals surface area contributed by atoms with E-state index in [-0.39, 0.29) is 23.5 Å². The van der Waals surface area contributed by atoms with Gasteiger partial charge in [0.15, 0.2) is 5.78 Å². The van der Waals surface area contributed by atoms with Gasteiger partial charge in [-0.15, -0.1) is 0 Å². The van der Waals surface area contributed by atoms with E-state index in [0.717, 1.165) is 19.3 Å². The van der Waals surface area contributed by atoms with Crippen LogP contribution in [0.4, 0.5) is 0 Å². The molecule has 1 aliphatic heterocycles. The van der Waals surface area contributed by atoms with Gasteiger partial charge in [-0.25, -0.2) is 0 Å². The van der Waals surface area contributed by atoms with Crippen LogP contribution in [0, 0.1) is 23.2 Å². The molecule has 0 aromatic rings. The minimum Gasteiger partial charge on any atom is -0.444 e. The molecular formula is C14H18N2O2. The van der Waals surface area contributed by atoms with Crippen LogP contribution < -0.4 is 5.73 Å². The van der Waals surface area contributed by atoms with Crippen LogP contribution in [0.25, 0.3) is 0 Å². The average molecular weight is 246 g/mol. The molecule has 0 saturated heterocycles. The summed E-state index contributed by atoms with van der Waals surface area (Å²) in [5.74, 6) is 1.01. The number of carbonyl (C=O) groups excluding carboxylic acids is 1. The van der Waals surface area contributed by atoms with E-state index >= 15 is 0 Å². The van der Waals surface area contributed by atoms with E-state index in [4.69, 9.17) is 10.5 Å². The molecule has 2 aliphatic rings. The van der Waals surface area contributed by atoms with Crippen LogP contribution in [-0.4, -0.2) is 5.78 Å². The first-order valence-corrected chi connectivity index (χ1v) is 6.44. The van der Waals surface area contributed by atoms with Gasteiger partial charge in [-0.2, -0.15) is 5.26 Å². The molecule has 2 N–H and O–H groups in total. The predicted octanol–water partition coefficient (Wildman–Crippen LogP) is 2.38. The summed E-state index contributed by atoms with van der Waals surface area (Å²) in [5.41, 5.74) is 6.93.